The average molecular weight is 362 g/mol. The summed E-state index contributed by atoms with van der Waals surface area (Å²) < 4.78 is 6.70. The van der Waals surface area contributed by atoms with E-state index in [0.29, 0.717) is 13.2 Å². The van der Waals surface area contributed by atoms with Gasteiger partial charge in [0.2, 0.25) is 0 Å². The molecule has 0 heterocycles. The van der Waals surface area contributed by atoms with Crippen molar-refractivity contribution in [3.8, 4) is 0 Å². The summed E-state index contributed by atoms with van der Waals surface area (Å²) in [7, 11) is 1.80. The molecule has 0 aliphatic heterocycles. The van der Waals surface area contributed by atoms with Gasteiger partial charge in [-0.15, -0.1) is 0 Å². The molecule has 0 fully saturated rings. The molecule has 0 bridgehead atoms. The number of hydrogen-bond donors (Lipinski definition) is 0. The van der Waals surface area contributed by atoms with Gasteiger partial charge in [0.25, 0.3) is 5.91 Å². The quantitative estimate of drug-likeness (QED) is 0.777. The van der Waals surface area contributed by atoms with Gasteiger partial charge in [-0.2, -0.15) is 0 Å². The zero-order chi connectivity index (χ0) is 15.9. The summed E-state index contributed by atoms with van der Waals surface area (Å²) in [6, 6.07) is 17.8. The summed E-state index contributed by atoms with van der Waals surface area (Å²) in [5.41, 5.74) is 2.16. The largest absolute Gasteiger partial charge is 0.364 e. The van der Waals surface area contributed by atoms with Gasteiger partial charge in [-0.05, 0) is 30.2 Å². The maximum Gasteiger partial charge on any atom is 0.251 e. The number of carbonyl (C=O) groups excluding carboxylic acids is 1. The van der Waals surface area contributed by atoms with Crippen molar-refractivity contribution in [3.63, 3.8) is 0 Å². The smallest absolute Gasteiger partial charge is 0.251 e. The summed E-state index contributed by atoms with van der Waals surface area (Å²) >= 11 is 3.41. The van der Waals surface area contributed by atoms with Crippen LogP contribution >= 0.6 is 15.9 Å². The van der Waals surface area contributed by atoms with Crippen molar-refractivity contribution >= 4 is 21.8 Å². The average Bonchev–Trinajstić information content (AvgIpc) is 2.55. The van der Waals surface area contributed by atoms with Gasteiger partial charge in [0, 0.05) is 18.1 Å². The van der Waals surface area contributed by atoms with Crippen LogP contribution in [0.4, 0.5) is 0 Å². The van der Waals surface area contributed by atoms with Crippen LogP contribution in [0.3, 0.4) is 0 Å². The summed E-state index contributed by atoms with van der Waals surface area (Å²) in [6.07, 6.45) is -0.458. The Labute approximate surface area is 140 Å². The minimum atomic E-state index is -0.458. The molecule has 116 valence electrons. The van der Waals surface area contributed by atoms with Gasteiger partial charge in [-0.1, -0.05) is 58.4 Å². The van der Waals surface area contributed by atoms with Crippen LogP contribution in [0.25, 0.3) is 0 Å². The minimum Gasteiger partial charge on any atom is -0.364 e. The standard InChI is InChI=1S/C18H20BrNO2/c1-14(22-13-16-6-4-3-5-7-16)18(21)20(2)12-15-8-10-17(19)11-9-15/h3-11,14H,12-13H2,1-2H3. The molecule has 1 unspecified atom stereocenters. The fraction of sp³-hybridized carbons (Fsp3) is 0.278. The van der Waals surface area contributed by atoms with Gasteiger partial charge in [0.1, 0.15) is 6.10 Å². The van der Waals surface area contributed by atoms with Crippen molar-refractivity contribution in [1.82, 2.24) is 4.90 Å². The minimum absolute atomic E-state index is 0.0150. The van der Waals surface area contributed by atoms with Crippen molar-refractivity contribution < 1.29 is 9.53 Å². The van der Waals surface area contributed by atoms with E-state index in [0.717, 1.165) is 15.6 Å². The zero-order valence-corrected chi connectivity index (χ0v) is 14.4. The van der Waals surface area contributed by atoms with Gasteiger partial charge in [-0.3, -0.25) is 4.79 Å². The van der Waals surface area contributed by atoms with Crippen LogP contribution < -0.4 is 0 Å². The van der Waals surface area contributed by atoms with Crippen molar-refractivity contribution in [2.75, 3.05) is 7.05 Å². The highest BCUT2D eigenvalue weighted by molar-refractivity contribution is 9.10. The molecule has 0 aliphatic carbocycles. The summed E-state index contributed by atoms with van der Waals surface area (Å²) in [4.78, 5) is 14.0. The van der Waals surface area contributed by atoms with E-state index < -0.39 is 6.10 Å². The Balaban J connectivity index is 1.85. The van der Waals surface area contributed by atoms with Crippen LogP contribution in [0.2, 0.25) is 0 Å². The first-order valence-electron chi connectivity index (χ1n) is 7.21. The molecule has 3 nitrogen and oxygen atoms in total. The van der Waals surface area contributed by atoms with Crippen molar-refractivity contribution in [3.05, 3.63) is 70.2 Å². The molecule has 0 aromatic heterocycles. The molecule has 2 aromatic carbocycles. The Morgan fingerprint density at radius 1 is 1.09 bits per heavy atom. The fourth-order valence-electron chi connectivity index (χ4n) is 2.12. The predicted octanol–water partition coefficient (Wildman–Crippen LogP) is 4.01. The van der Waals surface area contributed by atoms with Gasteiger partial charge < -0.3 is 9.64 Å². The number of nitrogens with zero attached hydrogens (tertiary/aromatic N) is 1. The zero-order valence-electron chi connectivity index (χ0n) is 12.8. The number of rotatable bonds is 6. The van der Waals surface area contributed by atoms with Crippen LogP contribution in [0.5, 0.6) is 0 Å². The highest BCUT2D eigenvalue weighted by atomic mass is 79.9. The van der Waals surface area contributed by atoms with Gasteiger partial charge in [-0.25, -0.2) is 0 Å². The van der Waals surface area contributed by atoms with Crippen molar-refractivity contribution in [2.45, 2.75) is 26.2 Å². The van der Waals surface area contributed by atoms with Gasteiger partial charge in [0.15, 0.2) is 0 Å². The molecule has 0 spiro atoms. The first-order chi connectivity index (χ1) is 10.6. The molecule has 0 saturated carbocycles. The Hall–Kier alpha value is -1.65. The topological polar surface area (TPSA) is 29.5 Å². The maximum atomic E-state index is 12.3. The highest BCUT2D eigenvalue weighted by Crippen LogP contribution is 2.13. The van der Waals surface area contributed by atoms with Crippen LogP contribution in [-0.2, 0) is 22.7 Å². The SMILES string of the molecule is CC(OCc1ccccc1)C(=O)N(C)Cc1ccc(Br)cc1. The number of hydrogen-bond acceptors (Lipinski definition) is 2. The predicted molar refractivity (Wildman–Crippen MR) is 91.3 cm³/mol. The van der Waals surface area contributed by atoms with E-state index >= 15 is 0 Å². The third kappa shape index (κ3) is 4.97. The molecule has 1 amide bonds. The van der Waals surface area contributed by atoms with Crippen molar-refractivity contribution in [1.29, 1.82) is 0 Å². The second kappa shape index (κ2) is 8.11. The molecule has 1 atom stereocenters. The fourth-order valence-corrected chi connectivity index (χ4v) is 2.38. The Morgan fingerprint density at radius 3 is 2.36 bits per heavy atom. The molecule has 0 saturated heterocycles. The molecular formula is C18H20BrNO2. The molecule has 22 heavy (non-hydrogen) atoms. The third-order valence-corrected chi connectivity index (χ3v) is 3.93. The van der Waals surface area contributed by atoms with Crippen molar-refractivity contribution in [2.24, 2.45) is 0 Å². The van der Waals surface area contributed by atoms with E-state index in [2.05, 4.69) is 15.9 Å². The first-order valence-corrected chi connectivity index (χ1v) is 8.00. The normalized spacial score (nSPS) is 12.0. The summed E-state index contributed by atoms with van der Waals surface area (Å²) in [6.45, 7) is 2.81. The highest BCUT2D eigenvalue weighted by Gasteiger charge is 2.18. The molecule has 4 heteroatoms. The Bertz CT molecular complexity index is 598. The maximum absolute atomic E-state index is 12.3. The lowest BCUT2D eigenvalue weighted by molar-refractivity contribution is -0.142. The number of halogens is 1. The number of carbonyl (C=O) groups is 1. The van der Waals surface area contributed by atoms with E-state index in [1.165, 1.54) is 0 Å². The van der Waals surface area contributed by atoms with Crippen LogP contribution in [0, 0.1) is 0 Å². The molecule has 2 aromatic rings. The molecule has 0 N–H and O–H groups in total. The molecule has 0 radical (unpaired) electrons. The number of benzene rings is 2. The van der Waals surface area contributed by atoms with Crippen LogP contribution in [-0.4, -0.2) is 24.0 Å². The van der Waals surface area contributed by atoms with E-state index in [1.54, 1.807) is 18.9 Å². The van der Waals surface area contributed by atoms with Gasteiger partial charge in [0.05, 0.1) is 6.61 Å². The van der Waals surface area contributed by atoms with Gasteiger partial charge >= 0.3 is 0 Å². The first kappa shape index (κ1) is 16.7. The molecular weight excluding hydrogens is 342 g/mol. The van der Waals surface area contributed by atoms with E-state index in [1.807, 2.05) is 54.6 Å². The molecule has 2 rings (SSSR count). The lowest BCUT2D eigenvalue weighted by Crippen LogP contribution is -2.35. The monoisotopic (exact) mass is 361 g/mol. The number of amides is 1. The van der Waals surface area contributed by atoms with E-state index in [4.69, 9.17) is 4.74 Å². The Kier molecular flexibility index (Phi) is 6.16. The lowest BCUT2D eigenvalue weighted by Gasteiger charge is -2.22. The number of ether oxygens (including phenoxy) is 1. The number of likely N-dealkylation sites (N-methyl/N-ethyl adjacent to an activating group) is 1. The van der Waals surface area contributed by atoms with E-state index in [9.17, 15) is 4.79 Å². The second-order valence-corrected chi connectivity index (χ2v) is 6.18. The Morgan fingerprint density at radius 2 is 1.73 bits per heavy atom. The summed E-state index contributed by atoms with van der Waals surface area (Å²) in [5.74, 6) is -0.0150. The van der Waals surface area contributed by atoms with E-state index in [-0.39, 0.29) is 5.91 Å². The lowest BCUT2D eigenvalue weighted by atomic mass is 10.2. The second-order valence-electron chi connectivity index (χ2n) is 5.26. The third-order valence-electron chi connectivity index (χ3n) is 3.40. The summed E-state index contributed by atoms with van der Waals surface area (Å²) in [5, 5.41) is 0. The van der Waals surface area contributed by atoms with Crippen LogP contribution in [0.15, 0.2) is 59.1 Å². The van der Waals surface area contributed by atoms with Crippen LogP contribution in [0.1, 0.15) is 18.1 Å². The molecule has 0 aliphatic rings.